The third-order valence-electron chi connectivity index (χ3n) is 4.77. The summed E-state index contributed by atoms with van der Waals surface area (Å²) < 4.78 is 5.80. The van der Waals surface area contributed by atoms with Crippen LogP contribution >= 0.6 is 0 Å². The lowest BCUT2D eigenvalue weighted by Crippen LogP contribution is -2.27. The Hall–Kier alpha value is -3.61. The van der Waals surface area contributed by atoms with Crippen LogP contribution in [0, 0.1) is 6.92 Å². The molecule has 2 heterocycles. The Bertz CT molecular complexity index is 1050. The number of ether oxygens (including phenoxy) is 1. The fourth-order valence-electron chi connectivity index (χ4n) is 3.37. The van der Waals surface area contributed by atoms with Crippen molar-refractivity contribution in [2.75, 3.05) is 18.1 Å². The number of carbonyl (C=O) groups is 1. The monoisotopic (exact) mass is 376 g/mol. The number of fused-ring (bicyclic) bond motifs is 1. The van der Waals surface area contributed by atoms with Gasteiger partial charge in [0.2, 0.25) is 0 Å². The van der Waals surface area contributed by atoms with Crippen LogP contribution in [0.25, 0.3) is 11.1 Å². The van der Waals surface area contributed by atoms with Crippen LogP contribution in [0.3, 0.4) is 0 Å². The van der Waals surface area contributed by atoms with E-state index < -0.39 is 5.91 Å². The first-order valence-electron chi connectivity index (χ1n) is 8.94. The van der Waals surface area contributed by atoms with E-state index in [1.165, 1.54) is 6.20 Å². The summed E-state index contributed by atoms with van der Waals surface area (Å²) in [6.07, 6.45) is 2.93. The molecule has 142 valence electrons. The van der Waals surface area contributed by atoms with E-state index in [1.807, 2.05) is 42.2 Å². The summed E-state index contributed by atoms with van der Waals surface area (Å²) in [5.41, 5.74) is 9.35. The van der Waals surface area contributed by atoms with Crippen LogP contribution in [0.1, 0.15) is 21.6 Å². The van der Waals surface area contributed by atoms with Gasteiger partial charge in [0.05, 0.1) is 18.9 Å². The maximum atomic E-state index is 11.4. The Balaban J connectivity index is 1.74. The number of benzene rings is 2. The minimum absolute atomic E-state index is 0.106. The second-order valence-corrected chi connectivity index (χ2v) is 6.70. The van der Waals surface area contributed by atoms with Gasteiger partial charge in [-0.05, 0) is 35.7 Å². The van der Waals surface area contributed by atoms with E-state index in [0.29, 0.717) is 31.3 Å². The van der Waals surface area contributed by atoms with Crippen molar-refractivity contribution in [1.82, 2.24) is 9.97 Å². The van der Waals surface area contributed by atoms with Crippen molar-refractivity contribution < 1.29 is 14.6 Å². The lowest BCUT2D eigenvalue weighted by Gasteiger charge is -2.21. The summed E-state index contributed by atoms with van der Waals surface area (Å²) in [5.74, 6) is 0.488. The molecule has 0 saturated carbocycles. The first-order valence-corrected chi connectivity index (χ1v) is 8.94. The smallest absolute Gasteiger partial charge is 0.268 e. The molecular formula is C21H20N4O3. The molecule has 4 rings (SSSR count). The van der Waals surface area contributed by atoms with E-state index in [0.717, 1.165) is 22.3 Å². The summed E-state index contributed by atoms with van der Waals surface area (Å²) in [5, 5.41) is 10.6. The summed E-state index contributed by atoms with van der Waals surface area (Å²) in [6.45, 7) is 3.39. The molecular weight excluding hydrogens is 356 g/mol. The van der Waals surface area contributed by atoms with Gasteiger partial charge in [0.1, 0.15) is 18.1 Å². The van der Waals surface area contributed by atoms with Gasteiger partial charge in [0.25, 0.3) is 5.91 Å². The Kier molecular flexibility index (Phi) is 4.57. The number of phenolic OH excluding ortho intramolecular Hbond substituents is 1. The fraction of sp³-hybridized carbons (Fsp3) is 0.190. The van der Waals surface area contributed by atoms with Gasteiger partial charge in [-0.3, -0.25) is 9.78 Å². The van der Waals surface area contributed by atoms with Crippen molar-refractivity contribution in [3.05, 3.63) is 65.6 Å². The zero-order valence-electron chi connectivity index (χ0n) is 15.4. The Labute approximate surface area is 162 Å². The number of hydrogen-bond donors (Lipinski definition) is 2. The molecule has 7 heteroatoms. The normalized spacial score (nSPS) is 13.4. The number of nitrogens with two attached hydrogens (primary N) is 1. The van der Waals surface area contributed by atoms with Crippen molar-refractivity contribution in [2.45, 2.75) is 13.5 Å². The van der Waals surface area contributed by atoms with Crippen LogP contribution in [0.5, 0.6) is 11.5 Å². The van der Waals surface area contributed by atoms with E-state index in [1.54, 1.807) is 12.3 Å². The number of primary amides is 1. The Morgan fingerprint density at radius 2 is 2.07 bits per heavy atom. The minimum atomic E-state index is -0.625. The molecule has 3 aromatic rings. The molecule has 1 amide bonds. The van der Waals surface area contributed by atoms with Crippen molar-refractivity contribution >= 4 is 11.7 Å². The van der Waals surface area contributed by atoms with Crippen molar-refractivity contribution in [2.24, 2.45) is 5.73 Å². The highest BCUT2D eigenvalue weighted by Crippen LogP contribution is 2.38. The topological polar surface area (TPSA) is 102 Å². The van der Waals surface area contributed by atoms with Gasteiger partial charge >= 0.3 is 0 Å². The number of rotatable bonds is 3. The lowest BCUT2D eigenvalue weighted by atomic mass is 9.98. The maximum absolute atomic E-state index is 11.4. The quantitative estimate of drug-likeness (QED) is 0.729. The molecule has 0 atom stereocenters. The van der Waals surface area contributed by atoms with E-state index >= 15 is 0 Å². The Morgan fingerprint density at radius 3 is 2.86 bits per heavy atom. The second-order valence-electron chi connectivity index (χ2n) is 6.70. The van der Waals surface area contributed by atoms with Gasteiger partial charge in [-0.25, -0.2) is 4.98 Å². The maximum Gasteiger partial charge on any atom is 0.268 e. The highest BCUT2D eigenvalue weighted by molar-refractivity contribution is 5.90. The zero-order chi connectivity index (χ0) is 19.7. The average molecular weight is 376 g/mol. The molecule has 1 aliphatic rings. The number of amides is 1. The molecule has 0 unspecified atom stereocenters. The average Bonchev–Trinajstić information content (AvgIpc) is 2.91. The summed E-state index contributed by atoms with van der Waals surface area (Å²) in [4.78, 5) is 21.7. The van der Waals surface area contributed by atoms with Crippen LogP contribution < -0.4 is 15.4 Å². The summed E-state index contributed by atoms with van der Waals surface area (Å²) in [6, 6.07) is 11.8. The standard InChI is InChI=1S/C21H20N4O3/c1-13-4-2-3-5-16(13)14-8-15-12-25(6-7-28-20(15)18(26)9-14)19-11-23-10-17(24-19)21(22)27/h2-5,8-11,26H,6-7,12H2,1H3,(H2,22,27). The van der Waals surface area contributed by atoms with Gasteiger partial charge in [0, 0.05) is 12.1 Å². The van der Waals surface area contributed by atoms with E-state index in [9.17, 15) is 9.90 Å². The summed E-state index contributed by atoms with van der Waals surface area (Å²) >= 11 is 0. The molecule has 0 bridgehead atoms. The number of hydrogen-bond acceptors (Lipinski definition) is 6. The first-order chi connectivity index (χ1) is 13.5. The number of phenols is 1. The molecule has 28 heavy (non-hydrogen) atoms. The van der Waals surface area contributed by atoms with Crippen LogP contribution in [-0.2, 0) is 6.54 Å². The highest BCUT2D eigenvalue weighted by atomic mass is 16.5. The van der Waals surface area contributed by atoms with Gasteiger partial charge in [-0.2, -0.15) is 0 Å². The van der Waals surface area contributed by atoms with Crippen molar-refractivity contribution in [3.8, 4) is 22.6 Å². The van der Waals surface area contributed by atoms with Gasteiger partial charge in [-0.15, -0.1) is 0 Å². The van der Waals surface area contributed by atoms with E-state index in [4.69, 9.17) is 10.5 Å². The molecule has 1 aromatic heterocycles. The molecule has 0 saturated heterocycles. The summed E-state index contributed by atoms with van der Waals surface area (Å²) in [7, 11) is 0. The molecule has 7 nitrogen and oxygen atoms in total. The number of aromatic nitrogens is 2. The van der Waals surface area contributed by atoms with Gasteiger partial charge in [0.15, 0.2) is 11.5 Å². The lowest BCUT2D eigenvalue weighted by molar-refractivity contribution is 0.0995. The molecule has 2 aromatic carbocycles. The number of aromatic hydroxyl groups is 1. The van der Waals surface area contributed by atoms with Crippen LogP contribution in [0.2, 0.25) is 0 Å². The zero-order valence-corrected chi connectivity index (χ0v) is 15.4. The third-order valence-corrected chi connectivity index (χ3v) is 4.77. The largest absolute Gasteiger partial charge is 0.504 e. The molecule has 0 aliphatic carbocycles. The number of nitrogens with zero attached hydrogens (tertiary/aromatic N) is 3. The first kappa shape index (κ1) is 17.8. The molecule has 1 aliphatic heterocycles. The SMILES string of the molecule is Cc1ccccc1-c1cc(O)c2c(c1)CN(c1cncc(C(N)=O)n1)CCO2. The highest BCUT2D eigenvalue weighted by Gasteiger charge is 2.21. The molecule has 3 N–H and O–H groups in total. The van der Waals surface area contributed by atoms with E-state index in [2.05, 4.69) is 9.97 Å². The fourth-order valence-corrected chi connectivity index (χ4v) is 3.37. The predicted octanol–water partition coefficient (Wildman–Crippen LogP) is 2.66. The number of anilines is 1. The van der Waals surface area contributed by atoms with Gasteiger partial charge < -0.3 is 20.5 Å². The van der Waals surface area contributed by atoms with Crippen LogP contribution in [0.4, 0.5) is 5.82 Å². The second kappa shape index (κ2) is 7.19. The van der Waals surface area contributed by atoms with Crippen LogP contribution in [0.15, 0.2) is 48.8 Å². The van der Waals surface area contributed by atoms with Crippen LogP contribution in [-0.4, -0.2) is 34.1 Å². The number of carbonyl (C=O) groups excluding carboxylic acids is 1. The minimum Gasteiger partial charge on any atom is -0.504 e. The molecule has 0 radical (unpaired) electrons. The molecule has 0 fully saturated rings. The third kappa shape index (κ3) is 3.34. The number of aryl methyl sites for hydroxylation is 1. The van der Waals surface area contributed by atoms with Gasteiger partial charge in [-0.1, -0.05) is 24.3 Å². The van der Waals surface area contributed by atoms with Crippen molar-refractivity contribution in [1.29, 1.82) is 0 Å². The van der Waals surface area contributed by atoms with Crippen molar-refractivity contribution in [3.63, 3.8) is 0 Å². The Morgan fingerprint density at radius 1 is 1.25 bits per heavy atom. The van der Waals surface area contributed by atoms with E-state index in [-0.39, 0.29) is 11.4 Å². The molecule has 0 spiro atoms. The predicted molar refractivity (Wildman–Crippen MR) is 105 cm³/mol.